The van der Waals surface area contributed by atoms with Crippen LogP contribution < -0.4 is 0 Å². The van der Waals surface area contributed by atoms with Gasteiger partial charge in [-0.05, 0) is 75.6 Å². The Balaban J connectivity index is 1.60. The number of carbonyl (C=O) groups excluding carboxylic acids is 1. The fourth-order valence-corrected chi connectivity index (χ4v) is 5.83. The SMILES string of the molecule is Cc1cccc2cc(C(=O)C[C@@H]3C4CCN(CC4)C3(C)C)sc12. The second kappa shape index (κ2) is 5.42. The van der Waals surface area contributed by atoms with Crippen molar-refractivity contribution < 1.29 is 4.79 Å². The summed E-state index contributed by atoms with van der Waals surface area (Å²) in [5.74, 6) is 1.58. The van der Waals surface area contributed by atoms with Crippen molar-refractivity contribution in [1.82, 2.24) is 4.90 Å². The van der Waals surface area contributed by atoms with E-state index in [1.807, 2.05) is 0 Å². The Kier molecular flexibility index (Phi) is 3.62. The Morgan fingerprint density at radius 1 is 1.30 bits per heavy atom. The molecule has 1 atom stereocenters. The molecular weight excluding hydrogens is 302 g/mol. The minimum atomic E-state index is 0.170. The number of nitrogens with zero attached hydrogens (tertiary/aromatic N) is 1. The van der Waals surface area contributed by atoms with Gasteiger partial charge in [0.15, 0.2) is 5.78 Å². The molecule has 0 aliphatic carbocycles. The zero-order valence-corrected chi connectivity index (χ0v) is 15.1. The van der Waals surface area contributed by atoms with Gasteiger partial charge in [0.05, 0.1) is 4.88 Å². The first kappa shape index (κ1) is 15.3. The average molecular weight is 327 g/mol. The molecule has 0 saturated carbocycles. The van der Waals surface area contributed by atoms with Crippen molar-refractivity contribution in [2.45, 2.75) is 45.6 Å². The number of rotatable bonds is 3. The molecule has 0 spiro atoms. The van der Waals surface area contributed by atoms with Crippen molar-refractivity contribution in [3.63, 3.8) is 0 Å². The van der Waals surface area contributed by atoms with Crippen LogP contribution in [-0.2, 0) is 0 Å². The summed E-state index contributed by atoms with van der Waals surface area (Å²) in [6, 6.07) is 8.43. The number of fused-ring (bicyclic) bond motifs is 4. The lowest BCUT2D eigenvalue weighted by atomic mass is 9.65. The van der Waals surface area contributed by atoms with Crippen LogP contribution in [0.1, 0.15) is 48.3 Å². The highest BCUT2D eigenvalue weighted by Crippen LogP contribution is 2.46. The van der Waals surface area contributed by atoms with Crippen molar-refractivity contribution in [1.29, 1.82) is 0 Å². The van der Waals surface area contributed by atoms with E-state index < -0.39 is 0 Å². The number of aryl methyl sites for hydroxylation is 1. The summed E-state index contributed by atoms with van der Waals surface area (Å²) in [7, 11) is 0. The van der Waals surface area contributed by atoms with Gasteiger partial charge in [-0.2, -0.15) is 0 Å². The first-order valence-corrected chi connectivity index (χ1v) is 9.56. The van der Waals surface area contributed by atoms with Crippen molar-refractivity contribution in [2.75, 3.05) is 13.1 Å². The highest BCUT2D eigenvalue weighted by Gasteiger charge is 2.47. The van der Waals surface area contributed by atoms with Crippen LogP contribution in [0.25, 0.3) is 10.1 Å². The number of piperidine rings is 3. The van der Waals surface area contributed by atoms with E-state index in [1.54, 1.807) is 11.3 Å². The van der Waals surface area contributed by atoms with Crippen molar-refractivity contribution in [3.8, 4) is 0 Å². The van der Waals surface area contributed by atoms with E-state index in [-0.39, 0.29) is 5.54 Å². The molecule has 0 radical (unpaired) electrons. The molecule has 3 heteroatoms. The van der Waals surface area contributed by atoms with Crippen LogP contribution in [0.5, 0.6) is 0 Å². The van der Waals surface area contributed by atoms with Gasteiger partial charge in [-0.1, -0.05) is 18.2 Å². The smallest absolute Gasteiger partial charge is 0.173 e. The molecule has 3 saturated heterocycles. The Bertz CT molecular complexity index is 752. The van der Waals surface area contributed by atoms with Crippen LogP contribution in [0.4, 0.5) is 0 Å². The zero-order chi connectivity index (χ0) is 16.2. The first-order valence-electron chi connectivity index (χ1n) is 8.74. The largest absolute Gasteiger partial charge is 0.298 e. The van der Waals surface area contributed by atoms with E-state index in [1.165, 1.54) is 41.6 Å². The maximum atomic E-state index is 12.9. The summed E-state index contributed by atoms with van der Waals surface area (Å²) in [5.41, 5.74) is 1.44. The van der Waals surface area contributed by atoms with Gasteiger partial charge in [0.2, 0.25) is 0 Å². The number of thiophene rings is 1. The van der Waals surface area contributed by atoms with Gasteiger partial charge in [0.25, 0.3) is 0 Å². The average Bonchev–Trinajstić information content (AvgIpc) is 2.97. The number of Topliss-reactive ketones (excluding diaryl/α,β-unsaturated/α-hetero) is 1. The molecule has 0 amide bonds. The van der Waals surface area contributed by atoms with Gasteiger partial charge in [-0.3, -0.25) is 9.69 Å². The molecule has 3 fully saturated rings. The third-order valence-corrected chi connectivity index (χ3v) is 7.58. The van der Waals surface area contributed by atoms with Crippen molar-refractivity contribution in [3.05, 3.63) is 34.7 Å². The van der Waals surface area contributed by atoms with Crippen molar-refractivity contribution in [2.24, 2.45) is 11.8 Å². The fraction of sp³-hybridized carbons (Fsp3) is 0.550. The number of benzene rings is 1. The Labute approximate surface area is 142 Å². The third-order valence-electron chi connectivity index (χ3n) is 6.25. The summed E-state index contributed by atoms with van der Waals surface area (Å²) in [6.45, 7) is 9.23. The maximum absolute atomic E-state index is 12.9. The topological polar surface area (TPSA) is 20.3 Å². The maximum Gasteiger partial charge on any atom is 0.173 e. The molecule has 2 bridgehead atoms. The second-order valence-electron chi connectivity index (χ2n) is 7.82. The molecule has 3 aliphatic heterocycles. The monoisotopic (exact) mass is 327 g/mol. The summed E-state index contributed by atoms with van der Waals surface area (Å²) >= 11 is 1.68. The molecule has 122 valence electrons. The molecule has 1 aromatic carbocycles. The molecule has 0 N–H and O–H groups in total. The Morgan fingerprint density at radius 2 is 2.04 bits per heavy atom. The molecular formula is C20H25NOS. The normalized spacial score (nSPS) is 29.1. The van der Waals surface area contributed by atoms with E-state index in [0.29, 0.717) is 18.1 Å². The van der Waals surface area contributed by atoms with Crippen LogP contribution >= 0.6 is 11.3 Å². The molecule has 5 rings (SSSR count). The quantitative estimate of drug-likeness (QED) is 0.747. The number of hydrogen-bond donors (Lipinski definition) is 0. The van der Waals surface area contributed by atoms with E-state index in [4.69, 9.17) is 0 Å². The molecule has 1 aromatic heterocycles. The lowest BCUT2D eigenvalue weighted by molar-refractivity contribution is -0.0643. The van der Waals surface area contributed by atoms with Gasteiger partial charge in [0, 0.05) is 16.7 Å². The van der Waals surface area contributed by atoms with Gasteiger partial charge in [-0.25, -0.2) is 0 Å². The predicted molar refractivity (Wildman–Crippen MR) is 97.4 cm³/mol. The molecule has 4 heterocycles. The first-order chi connectivity index (χ1) is 11.0. The number of carbonyl (C=O) groups is 1. The van der Waals surface area contributed by atoms with Crippen LogP contribution in [0.15, 0.2) is 24.3 Å². The van der Waals surface area contributed by atoms with E-state index in [2.05, 4.69) is 49.9 Å². The van der Waals surface area contributed by atoms with E-state index in [9.17, 15) is 4.79 Å². The zero-order valence-electron chi connectivity index (χ0n) is 14.3. The number of ketones is 1. The third kappa shape index (κ3) is 2.45. The van der Waals surface area contributed by atoms with Gasteiger partial charge < -0.3 is 0 Å². The Morgan fingerprint density at radius 3 is 2.70 bits per heavy atom. The van der Waals surface area contributed by atoms with Crippen LogP contribution in [0.2, 0.25) is 0 Å². The van der Waals surface area contributed by atoms with Crippen molar-refractivity contribution >= 4 is 27.2 Å². The van der Waals surface area contributed by atoms with Gasteiger partial charge in [-0.15, -0.1) is 11.3 Å². The van der Waals surface area contributed by atoms with E-state index >= 15 is 0 Å². The minimum Gasteiger partial charge on any atom is -0.298 e. The summed E-state index contributed by atoms with van der Waals surface area (Å²) in [4.78, 5) is 16.5. The highest BCUT2D eigenvalue weighted by atomic mass is 32.1. The molecule has 0 unspecified atom stereocenters. The standard InChI is InChI=1S/C20H25NOS/c1-13-5-4-6-15-11-18(23-19(13)15)17(22)12-16-14-7-9-21(10-8-14)20(16,2)3/h4-6,11,14,16H,7-10,12H2,1-3H3/t16-/m1/s1. The van der Waals surface area contributed by atoms with Gasteiger partial charge in [0.1, 0.15) is 0 Å². The number of hydrogen-bond acceptors (Lipinski definition) is 3. The summed E-state index contributed by atoms with van der Waals surface area (Å²) in [6.07, 6.45) is 3.25. The summed E-state index contributed by atoms with van der Waals surface area (Å²) in [5, 5.41) is 1.21. The van der Waals surface area contributed by atoms with Crippen LogP contribution in [0.3, 0.4) is 0 Å². The minimum absolute atomic E-state index is 0.170. The molecule has 2 nitrogen and oxygen atoms in total. The second-order valence-corrected chi connectivity index (χ2v) is 8.87. The molecule has 23 heavy (non-hydrogen) atoms. The molecule has 2 aromatic rings. The fourth-order valence-electron chi connectivity index (χ4n) is 4.75. The Hall–Kier alpha value is -1.19. The molecule has 3 aliphatic rings. The van der Waals surface area contributed by atoms with E-state index in [0.717, 1.165) is 10.8 Å². The highest BCUT2D eigenvalue weighted by molar-refractivity contribution is 7.21. The van der Waals surface area contributed by atoms with Gasteiger partial charge >= 0.3 is 0 Å². The summed E-state index contributed by atoms with van der Waals surface area (Å²) < 4.78 is 1.27. The lowest BCUT2D eigenvalue weighted by Crippen LogP contribution is -2.61. The van der Waals surface area contributed by atoms with Crippen LogP contribution in [0, 0.1) is 18.8 Å². The lowest BCUT2D eigenvalue weighted by Gasteiger charge is -2.56. The van der Waals surface area contributed by atoms with Crippen LogP contribution in [-0.4, -0.2) is 29.3 Å². The predicted octanol–water partition coefficient (Wildman–Crippen LogP) is 4.90.